The largest absolute Gasteiger partial charge is 0.303 e. The molecule has 1 unspecified atom stereocenters. The third-order valence-corrected chi connectivity index (χ3v) is 8.52. The summed E-state index contributed by atoms with van der Waals surface area (Å²) in [5.41, 5.74) is 0.888. The number of fused-ring (bicyclic) bond motifs is 3. The fourth-order valence-electron chi connectivity index (χ4n) is 5.31. The number of carbonyl (C=O) groups is 2. The summed E-state index contributed by atoms with van der Waals surface area (Å²) in [5, 5.41) is 1.06. The molecular formula is C30H45NO2S. The van der Waals surface area contributed by atoms with Gasteiger partial charge in [0, 0.05) is 16.6 Å². The van der Waals surface area contributed by atoms with E-state index < -0.39 is 0 Å². The van der Waals surface area contributed by atoms with Crippen LogP contribution in [0.15, 0.2) is 24.3 Å². The third kappa shape index (κ3) is 7.41. The zero-order valence-electron chi connectivity index (χ0n) is 21.6. The van der Waals surface area contributed by atoms with Crippen molar-refractivity contribution >= 4 is 38.8 Å². The lowest BCUT2D eigenvalue weighted by atomic mass is 9.93. The SMILES string of the molecule is CCCCCCCCCCC(CCCCCCCC)CN1C(=O)C(=O)c2sc3ccccc3c21. The van der Waals surface area contributed by atoms with Gasteiger partial charge in [-0.2, -0.15) is 0 Å². The zero-order valence-corrected chi connectivity index (χ0v) is 22.4. The van der Waals surface area contributed by atoms with E-state index in [0.29, 0.717) is 17.3 Å². The van der Waals surface area contributed by atoms with Gasteiger partial charge < -0.3 is 4.90 Å². The van der Waals surface area contributed by atoms with Crippen molar-refractivity contribution in [3.05, 3.63) is 29.1 Å². The molecule has 2 heterocycles. The number of Topliss-reactive ketones (excluding diaryl/α,β-unsaturated/α-hetero) is 1. The first kappa shape index (κ1) is 26.9. The second-order valence-electron chi connectivity index (χ2n) is 10.2. The summed E-state index contributed by atoms with van der Waals surface area (Å²) in [6, 6.07) is 8.14. The normalized spacial score (nSPS) is 14.4. The summed E-state index contributed by atoms with van der Waals surface area (Å²) in [7, 11) is 0. The average Bonchev–Trinajstić information content (AvgIpc) is 3.33. The van der Waals surface area contributed by atoms with Gasteiger partial charge in [0.25, 0.3) is 11.7 Å². The molecule has 1 amide bonds. The van der Waals surface area contributed by atoms with Gasteiger partial charge in [-0.25, -0.2) is 0 Å². The number of nitrogens with zero attached hydrogens (tertiary/aromatic N) is 1. The van der Waals surface area contributed by atoms with Gasteiger partial charge in [0.15, 0.2) is 0 Å². The molecule has 2 aromatic rings. The van der Waals surface area contributed by atoms with Gasteiger partial charge >= 0.3 is 0 Å². The molecule has 1 aromatic carbocycles. The third-order valence-electron chi connectivity index (χ3n) is 7.36. The van der Waals surface area contributed by atoms with E-state index in [9.17, 15) is 9.59 Å². The Morgan fingerprint density at radius 2 is 1.26 bits per heavy atom. The van der Waals surface area contributed by atoms with Crippen molar-refractivity contribution in [2.45, 2.75) is 117 Å². The predicted octanol–water partition coefficient (Wildman–Crippen LogP) is 9.33. The van der Waals surface area contributed by atoms with Crippen LogP contribution in [-0.4, -0.2) is 18.2 Å². The molecule has 1 aliphatic heterocycles. The molecule has 0 fully saturated rings. The number of anilines is 1. The van der Waals surface area contributed by atoms with Crippen LogP contribution < -0.4 is 4.90 Å². The molecule has 0 N–H and O–H groups in total. The minimum atomic E-state index is -0.309. The van der Waals surface area contributed by atoms with Crippen LogP contribution in [0.5, 0.6) is 0 Å². The van der Waals surface area contributed by atoms with Gasteiger partial charge in [-0.3, -0.25) is 9.59 Å². The minimum Gasteiger partial charge on any atom is -0.303 e. The van der Waals surface area contributed by atoms with E-state index in [0.717, 1.165) is 22.2 Å². The molecule has 0 saturated heterocycles. The summed E-state index contributed by atoms with van der Waals surface area (Å²) in [5.74, 6) is -0.134. The van der Waals surface area contributed by atoms with Gasteiger partial charge in [0.05, 0.1) is 5.69 Å². The lowest BCUT2D eigenvalue weighted by molar-refractivity contribution is -0.114. The number of amides is 1. The summed E-state index contributed by atoms with van der Waals surface area (Å²) >= 11 is 1.48. The summed E-state index contributed by atoms with van der Waals surface area (Å²) < 4.78 is 1.11. The molecule has 1 aliphatic rings. The lowest BCUT2D eigenvalue weighted by Crippen LogP contribution is -2.34. The summed E-state index contributed by atoms with van der Waals surface area (Å²) in [6.45, 7) is 5.23. The molecule has 0 aliphatic carbocycles. The quantitative estimate of drug-likeness (QED) is 0.156. The number of hydrogen-bond acceptors (Lipinski definition) is 3. The molecule has 0 radical (unpaired) electrons. The Balaban J connectivity index is 1.58. The number of hydrogen-bond donors (Lipinski definition) is 0. The van der Waals surface area contributed by atoms with Crippen LogP contribution in [0, 0.1) is 5.92 Å². The van der Waals surface area contributed by atoms with Crippen molar-refractivity contribution in [3.8, 4) is 0 Å². The van der Waals surface area contributed by atoms with E-state index in [1.807, 2.05) is 17.0 Å². The van der Waals surface area contributed by atoms with Crippen molar-refractivity contribution < 1.29 is 9.59 Å². The molecule has 1 atom stereocenters. The van der Waals surface area contributed by atoms with Gasteiger partial charge in [-0.15, -0.1) is 11.3 Å². The van der Waals surface area contributed by atoms with E-state index in [2.05, 4.69) is 26.0 Å². The average molecular weight is 484 g/mol. The van der Waals surface area contributed by atoms with Crippen molar-refractivity contribution in [1.29, 1.82) is 0 Å². The van der Waals surface area contributed by atoms with Crippen LogP contribution >= 0.6 is 11.3 Å². The second-order valence-corrected chi connectivity index (χ2v) is 11.3. The maximum Gasteiger partial charge on any atom is 0.300 e. The number of ketones is 1. The van der Waals surface area contributed by atoms with Crippen molar-refractivity contribution in [2.75, 3.05) is 11.4 Å². The standard InChI is InChI=1S/C30H45NO2S/c1-3-5-7-9-11-12-14-16-20-24(19-15-13-10-8-6-4-2)23-31-27-25-21-17-18-22-26(25)34-29(27)28(32)30(31)33/h17-18,21-22,24H,3-16,19-20,23H2,1-2H3. The Labute approximate surface area is 211 Å². The number of benzene rings is 1. The van der Waals surface area contributed by atoms with E-state index in [1.54, 1.807) is 0 Å². The molecular weight excluding hydrogens is 438 g/mol. The predicted molar refractivity (Wildman–Crippen MR) is 147 cm³/mol. The fourth-order valence-corrected chi connectivity index (χ4v) is 6.45. The Hall–Kier alpha value is -1.68. The first-order valence-corrected chi connectivity index (χ1v) is 14.9. The van der Waals surface area contributed by atoms with Gasteiger partial charge in [0.1, 0.15) is 4.88 Å². The van der Waals surface area contributed by atoms with E-state index in [4.69, 9.17) is 0 Å². The fraction of sp³-hybridized carbons (Fsp3) is 0.667. The van der Waals surface area contributed by atoms with Crippen molar-refractivity contribution in [3.63, 3.8) is 0 Å². The molecule has 3 rings (SSSR count). The van der Waals surface area contributed by atoms with Crippen LogP contribution in [0.25, 0.3) is 10.1 Å². The number of rotatable bonds is 18. The maximum absolute atomic E-state index is 12.9. The van der Waals surface area contributed by atoms with Gasteiger partial charge in [-0.1, -0.05) is 122 Å². The zero-order chi connectivity index (χ0) is 24.2. The summed E-state index contributed by atoms with van der Waals surface area (Å²) in [4.78, 5) is 28.2. The van der Waals surface area contributed by atoms with E-state index in [-0.39, 0.29) is 11.7 Å². The lowest BCUT2D eigenvalue weighted by Gasteiger charge is -2.24. The smallest absolute Gasteiger partial charge is 0.300 e. The Morgan fingerprint density at radius 1 is 0.735 bits per heavy atom. The highest BCUT2D eigenvalue weighted by molar-refractivity contribution is 7.22. The molecule has 3 nitrogen and oxygen atoms in total. The van der Waals surface area contributed by atoms with E-state index in [1.165, 1.54) is 108 Å². The molecule has 0 saturated carbocycles. The highest BCUT2D eigenvalue weighted by Crippen LogP contribution is 2.43. The van der Waals surface area contributed by atoms with Crippen LogP contribution in [0.3, 0.4) is 0 Å². The first-order valence-electron chi connectivity index (χ1n) is 14.0. The van der Waals surface area contributed by atoms with Crippen LogP contribution in [0.4, 0.5) is 5.69 Å². The topological polar surface area (TPSA) is 37.4 Å². The summed E-state index contributed by atoms with van der Waals surface area (Å²) in [6.07, 6.45) is 20.7. The highest BCUT2D eigenvalue weighted by Gasteiger charge is 2.39. The molecule has 0 bridgehead atoms. The van der Waals surface area contributed by atoms with Crippen molar-refractivity contribution in [2.24, 2.45) is 5.92 Å². The highest BCUT2D eigenvalue weighted by atomic mass is 32.1. The first-order chi connectivity index (χ1) is 16.7. The van der Waals surface area contributed by atoms with Crippen molar-refractivity contribution in [1.82, 2.24) is 0 Å². The molecule has 188 valence electrons. The van der Waals surface area contributed by atoms with Gasteiger partial charge in [0.2, 0.25) is 0 Å². The Morgan fingerprint density at radius 3 is 1.85 bits per heavy atom. The van der Waals surface area contributed by atoms with Crippen LogP contribution in [0.1, 0.15) is 126 Å². The van der Waals surface area contributed by atoms with Crippen LogP contribution in [0.2, 0.25) is 0 Å². The number of thiophene rings is 1. The minimum absolute atomic E-state index is 0.304. The molecule has 1 aromatic heterocycles. The van der Waals surface area contributed by atoms with Crippen LogP contribution in [-0.2, 0) is 4.79 Å². The maximum atomic E-state index is 12.9. The number of carbonyl (C=O) groups excluding carboxylic acids is 2. The monoisotopic (exact) mass is 483 g/mol. The van der Waals surface area contributed by atoms with Gasteiger partial charge in [-0.05, 0) is 24.8 Å². The Bertz CT molecular complexity index is 902. The molecule has 34 heavy (non-hydrogen) atoms. The van der Waals surface area contributed by atoms with E-state index >= 15 is 0 Å². The molecule has 4 heteroatoms. The second kappa shape index (κ2) is 14.7. The number of unbranched alkanes of at least 4 members (excludes halogenated alkanes) is 12. The molecule has 0 spiro atoms. The Kier molecular flexibility index (Phi) is 11.6.